The lowest BCUT2D eigenvalue weighted by molar-refractivity contribution is 0.258. The number of aromatic amines is 3. The number of fused-ring (bicyclic) bond motifs is 3. The normalized spacial score (nSPS) is 11.9. The second-order valence-corrected chi connectivity index (χ2v) is 8.97. The van der Waals surface area contributed by atoms with Gasteiger partial charge in [-0.05, 0) is 34.9 Å². The van der Waals surface area contributed by atoms with Crippen molar-refractivity contribution in [3.8, 4) is 0 Å². The number of H-pyrrole nitrogens is 3. The molecule has 0 radical (unpaired) electrons. The summed E-state index contributed by atoms with van der Waals surface area (Å²) in [5, 5.41) is 7.57. The fourth-order valence-corrected chi connectivity index (χ4v) is 4.96. The molecule has 0 aliphatic rings. The number of aromatic nitrogens is 3. The number of nitrogens with zero attached hydrogens (tertiary/aromatic N) is 1. The van der Waals surface area contributed by atoms with Gasteiger partial charge in [0.05, 0.1) is 0 Å². The second-order valence-electron chi connectivity index (χ2n) is 8.97. The lowest BCUT2D eigenvalue weighted by atomic mass is 10.1. The van der Waals surface area contributed by atoms with Gasteiger partial charge in [-0.1, -0.05) is 54.6 Å². The van der Waals surface area contributed by atoms with Crippen molar-refractivity contribution >= 4 is 32.7 Å². The van der Waals surface area contributed by atoms with Crippen LogP contribution in [0.2, 0.25) is 0 Å². The lowest BCUT2D eigenvalue weighted by Gasteiger charge is -2.22. The smallest absolute Gasteiger partial charge is 0.0457 e. The van der Waals surface area contributed by atoms with Gasteiger partial charge in [-0.25, -0.2) is 0 Å². The minimum absolute atomic E-state index is 0.859. The Morgan fingerprint density at radius 3 is 1.53 bits per heavy atom. The van der Waals surface area contributed by atoms with Gasteiger partial charge in [-0.15, -0.1) is 0 Å². The Hall–Kier alpha value is -3.80. The molecule has 6 rings (SSSR count). The molecule has 3 aromatic carbocycles. The van der Waals surface area contributed by atoms with Crippen LogP contribution in [0.5, 0.6) is 0 Å². The molecule has 4 N–H and O–H groups in total. The van der Waals surface area contributed by atoms with Crippen molar-refractivity contribution in [2.24, 2.45) is 0 Å². The van der Waals surface area contributed by atoms with Gasteiger partial charge >= 0.3 is 0 Å². The second kappa shape index (κ2) is 9.21. The van der Waals surface area contributed by atoms with Crippen LogP contribution in [0.1, 0.15) is 16.7 Å². The maximum atomic E-state index is 3.67. The van der Waals surface area contributed by atoms with Gasteiger partial charge in [0.15, 0.2) is 0 Å². The van der Waals surface area contributed by atoms with E-state index in [1.54, 1.807) is 0 Å². The van der Waals surface area contributed by atoms with Crippen LogP contribution in [0.25, 0.3) is 32.7 Å². The van der Waals surface area contributed by atoms with Crippen LogP contribution in [0.15, 0.2) is 91.4 Å². The SMILES string of the molecule is c1ccc2c(CNCCN(Cc3c[nH]c4ccccc34)Cc3c[nH]c4ccccc34)c[nH]c2c1. The Kier molecular flexibility index (Phi) is 5.63. The zero-order valence-electron chi connectivity index (χ0n) is 19.1. The zero-order chi connectivity index (χ0) is 22.7. The molecule has 0 aliphatic heterocycles. The van der Waals surface area contributed by atoms with E-state index in [2.05, 4.69) is 117 Å². The molecule has 0 saturated carbocycles. The zero-order valence-corrected chi connectivity index (χ0v) is 19.1. The Balaban J connectivity index is 1.18. The molecule has 0 aliphatic carbocycles. The summed E-state index contributed by atoms with van der Waals surface area (Å²) in [6.07, 6.45) is 6.44. The number of hydrogen-bond donors (Lipinski definition) is 4. The van der Waals surface area contributed by atoms with E-state index in [4.69, 9.17) is 0 Å². The van der Waals surface area contributed by atoms with Gasteiger partial charge in [0.2, 0.25) is 0 Å². The van der Waals surface area contributed by atoms with E-state index in [9.17, 15) is 0 Å². The van der Waals surface area contributed by atoms with Gasteiger partial charge in [-0.3, -0.25) is 4.90 Å². The van der Waals surface area contributed by atoms with Crippen molar-refractivity contribution < 1.29 is 0 Å². The number of nitrogens with one attached hydrogen (secondary N) is 4. The number of benzene rings is 3. The van der Waals surface area contributed by atoms with Gasteiger partial charge < -0.3 is 20.3 Å². The molecular weight excluding hydrogens is 418 g/mol. The van der Waals surface area contributed by atoms with Crippen molar-refractivity contribution in [2.75, 3.05) is 13.1 Å². The van der Waals surface area contributed by atoms with E-state index in [-0.39, 0.29) is 0 Å². The van der Waals surface area contributed by atoms with Crippen molar-refractivity contribution in [1.82, 2.24) is 25.2 Å². The van der Waals surface area contributed by atoms with Gasteiger partial charge in [0.1, 0.15) is 0 Å². The molecule has 5 nitrogen and oxygen atoms in total. The summed E-state index contributed by atoms with van der Waals surface area (Å²) >= 11 is 0. The summed E-state index contributed by atoms with van der Waals surface area (Å²) < 4.78 is 0. The first kappa shape index (κ1) is 20.8. The van der Waals surface area contributed by atoms with Crippen molar-refractivity contribution in [2.45, 2.75) is 19.6 Å². The number of rotatable bonds is 9. The van der Waals surface area contributed by atoms with Gasteiger partial charge in [0.25, 0.3) is 0 Å². The summed E-state index contributed by atoms with van der Waals surface area (Å²) in [7, 11) is 0. The van der Waals surface area contributed by atoms with E-state index < -0.39 is 0 Å². The highest BCUT2D eigenvalue weighted by Crippen LogP contribution is 2.23. The fraction of sp³-hybridized carbons (Fsp3) is 0.172. The molecule has 0 atom stereocenters. The molecule has 0 amide bonds. The first-order valence-electron chi connectivity index (χ1n) is 11.9. The molecule has 170 valence electrons. The van der Waals surface area contributed by atoms with Crippen molar-refractivity contribution in [3.63, 3.8) is 0 Å². The summed E-state index contributed by atoms with van der Waals surface area (Å²) in [5.41, 5.74) is 7.58. The van der Waals surface area contributed by atoms with Crippen LogP contribution in [-0.4, -0.2) is 32.9 Å². The third-order valence-electron chi connectivity index (χ3n) is 6.73. The summed E-state index contributed by atoms with van der Waals surface area (Å²) in [4.78, 5) is 12.8. The first-order valence-corrected chi connectivity index (χ1v) is 11.9. The summed E-state index contributed by atoms with van der Waals surface area (Å²) in [6.45, 7) is 4.54. The molecular formula is C29H29N5. The molecule has 3 heterocycles. The van der Waals surface area contributed by atoms with E-state index in [0.29, 0.717) is 0 Å². The topological polar surface area (TPSA) is 62.6 Å². The molecule has 0 fully saturated rings. The Bertz CT molecular complexity index is 1460. The molecule has 0 unspecified atom stereocenters. The predicted octanol–water partition coefficient (Wildman–Crippen LogP) is 5.92. The molecule has 6 aromatic rings. The molecule has 0 bridgehead atoms. The molecule has 34 heavy (non-hydrogen) atoms. The van der Waals surface area contributed by atoms with E-state index in [0.717, 1.165) is 32.7 Å². The van der Waals surface area contributed by atoms with E-state index in [1.807, 2.05) is 0 Å². The fourth-order valence-electron chi connectivity index (χ4n) is 4.96. The van der Waals surface area contributed by atoms with Crippen LogP contribution in [0.3, 0.4) is 0 Å². The largest absolute Gasteiger partial charge is 0.361 e. The van der Waals surface area contributed by atoms with Crippen LogP contribution < -0.4 is 5.32 Å². The van der Waals surface area contributed by atoms with Crippen molar-refractivity contribution in [3.05, 3.63) is 108 Å². The molecule has 0 spiro atoms. The van der Waals surface area contributed by atoms with E-state index in [1.165, 1.54) is 49.4 Å². The quantitative estimate of drug-likeness (QED) is 0.208. The monoisotopic (exact) mass is 447 g/mol. The first-order chi connectivity index (χ1) is 16.8. The van der Waals surface area contributed by atoms with Gasteiger partial charge in [-0.2, -0.15) is 0 Å². The maximum absolute atomic E-state index is 3.67. The highest BCUT2D eigenvalue weighted by molar-refractivity contribution is 5.84. The van der Waals surface area contributed by atoms with Crippen molar-refractivity contribution in [1.29, 1.82) is 0 Å². The summed E-state index contributed by atoms with van der Waals surface area (Å²) in [6, 6.07) is 25.6. The third-order valence-corrected chi connectivity index (χ3v) is 6.73. The highest BCUT2D eigenvalue weighted by atomic mass is 15.1. The highest BCUT2D eigenvalue weighted by Gasteiger charge is 2.13. The minimum atomic E-state index is 0.859. The predicted molar refractivity (Wildman–Crippen MR) is 141 cm³/mol. The number of hydrogen-bond acceptors (Lipinski definition) is 2. The number of para-hydroxylation sites is 3. The standard InChI is InChI=1S/C29H29N5/c1-4-10-27-24(7-1)21(16-31-27)15-30-13-14-34(19-22-17-32-28-11-5-2-8-25(22)28)20-23-18-33-29-12-6-3-9-26(23)29/h1-12,16-18,30-33H,13-15,19-20H2. The molecule has 3 aromatic heterocycles. The molecule has 0 saturated heterocycles. The lowest BCUT2D eigenvalue weighted by Crippen LogP contribution is -2.31. The summed E-state index contributed by atoms with van der Waals surface area (Å²) in [5.74, 6) is 0. The maximum Gasteiger partial charge on any atom is 0.0457 e. The van der Waals surface area contributed by atoms with Crippen LogP contribution in [0, 0.1) is 0 Å². The average Bonchev–Trinajstić information content (AvgIpc) is 3.60. The van der Waals surface area contributed by atoms with E-state index >= 15 is 0 Å². The third kappa shape index (κ3) is 4.12. The van der Waals surface area contributed by atoms with Crippen LogP contribution in [-0.2, 0) is 19.6 Å². The molecule has 5 heteroatoms. The Labute approximate surface area is 198 Å². The van der Waals surface area contributed by atoms with Gasteiger partial charge in [0, 0.05) is 84.0 Å². The van der Waals surface area contributed by atoms with Crippen LogP contribution >= 0.6 is 0 Å². The minimum Gasteiger partial charge on any atom is -0.361 e. The Morgan fingerprint density at radius 1 is 0.559 bits per heavy atom. The van der Waals surface area contributed by atoms with Crippen LogP contribution in [0.4, 0.5) is 0 Å². The Morgan fingerprint density at radius 2 is 1.00 bits per heavy atom. The average molecular weight is 448 g/mol.